The number of sulfonamides is 1. The summed E-state index contributed by atoms with van der Waals surface area (Å²) >= 11 is 0. The van der Waals surface area contributed by atoms with Crippen molar-refractivity contribution in [1.82, 2.24) is 10.2 Å². The van der Waals surface area contributed by atoms with Gasteiger partial charge in [0.2, 0.25) is 11.8 Å². The highest BCUT2D eigenvalue weighted by atomic mass is 32.2. The van der Waals surface area contributed by atoms with E-state index in [0.29, 0.717) is 12.3 Å². The molecule has 0 aliphatic carbocycles. The van der Waals surface area contributed by atoms with Gasteiger partial charge in [0.25, 0.3) is 10.0 Å². The second kappa shape index (κ2) is 15.6. The molecule has 0 aromatic heterocycles. The largest absolute Gasteiger partial charge is 0.493 e. The summed E-state index contributed by atoms with van der Waals surface area (Å²) in [4.78, 5) is 29.3. The van der Waals surface area contributed by atoms with Gasteiger partial charge >= 0.3 is 0 Å². The molecule has 2 amide bonds. The summed E-state index contributed by atoms with van der Waals surface area (Å²) in [6.45, 7) is 4.78. The number of anilines is 1. The van der Waals surface area contributed by atoms with Crippen LogP contribution in [0.4, 0.5) is 10.1 Å². The number of methoxy groups -OCH3 is 2. The van der Waals surface area contributed by atoms with Crippen molar-refractivity contribution in [1.29, 1.82) is 0 Å². The van der Waals surface area contributed by atoms with Crippen molar-refractivity contribution in [2.24, 2.45) is 0 Å². The minimum absolute atomic E-state index is 0.124. The van der Waals surface area contributed by atoms with Gasteiger partial charge in [0.05, 0.1) is 24.8 Å². The number of amides is 2. The van der Waals surface area contributed by atoms with Gasteiger partial charge in [-0.15, -0.1) is 0 Å². The van der Waals surface area contributed by atoms with Gasteiger partial charge in [0.15, 0.2) is 11.5 Å². The zero-order chi connectivity index (χ0) is 34.1. The van der Waals surface area contributed by atoms with E-state index in [-0.39, 0.29) is 34.9 Å². The molecule has 0 radical (unpaired) electrons. The maximum atomic E-state index is 15.0. The average Bonchev–Trinajstić information content (AvgIpc) is 3.05. The van der Waals surface area contributed by atoms with E-state index >= 15 is 4.39 Å². The van der Waals surface area contributed by atoms with Crippen LogP contribution in [0.5, 0.6) is 11.5 Å². The van der Waals surface area contributed by atoms with Gasteiger partial charge in [-0.05, 0) is 67.8 Å². The Kier molecular flexibility index (Phi) is 11.6. The molecule has 0 bridgehead atoms. The Labute approximate surface area is 276 Å². The van der Waals surface area contributed by atoms with Gasteiger partial charge in [-0.2, -0.15) is 0 Å². The summed E-state index contributed by atoms with van der Waals surface area (Å²) in [6, 6.07) is 23.5. The number of nitrogens with zero attached hydrogens (tertiary/aromatic N) is 2. The summed E-state index contributed by atoms with van der Waals surface area (Å²) in [5.41, 5.74) is 2.79. The number of hydrogen-bond acceptors (Lipinski definition) is 6. The lowest BCUT2D eigenvalue weighted by atomic mass is 10.0. The first kappa shape index (κ1) is 35.0. The number of carbonyl (C=O) groups excluding carboxylic acids is 2. The van der Waals surface area contributed by atoms with Crippen molar-refractivity contribution < 1.29 is 31.9 Å². The number of aryl methyl sites for hydroxylation is 2. The average molecular weight is 662 g/mol. The monoisotopic (exact) mass is 661 g/mol. The third-order valence-corrected chi connectivity index (χ3v) is 9.41. The molecule has 9 nitrogen and oxygen atoms in total. The Morgan fingerprint density at radius 1 is 0.851 bits per heavy atom. The van der Waals surface area contributed by atoms with Gasteiger partial charge in [-0.1, -0.05) is 54.6 Å². The van der Waals surface area contributed by atoms with Gasteiger partial charge in [0.1, 0.15) is 18.4 Å². The smallest absolute Gasteiger partial charge is 0.264 e. The van der Waals surface area contributed by atoms with E-state index in [2.05, 4.69) is 5.32 Å². The first-order valence-corrected chi connectivity index (χ1v) is 16.6. The zero-order valence-electron chi connectivity index (χ0n) is 27.2. The predicted octanol–water partition coefficient (Wildman–Crippen LogP) is 5.43. The van der Waals surface area contributed by atoms with Crippen molar-refractivity contribution in [2.45, 2.75) is 44.7 Å². The van der Waals surface area contributed by atoms with Gasteiger partial charge in [-0.3, -0.25) is 13.9 Å². The van der Waals surface area contributed by atoms with Crippen molar-refractivity contribution in [3.05, 3.63) is 119 Å². The molecule has 0 saturated carbocycles. The number of benzene rings is 4. The molecule has 0 aliphatic heterocycles. The highest BCUT2D eigenvalue weighted by Gasteiger charge is 2.35. The number of likely N-dealkylation sites (N-methyl/N-ethyl adjacent to an activating group) is 1. The fourth-order valence-corrected chi connectivity index (χ4v) is 6.80. The summed E-state index contributed by atoms with van der Waals surface area (Å²) in [6.07, 6.45) is 0.124. The second-order valence-corrected chi connectivity index (χ2v) is 12.9. The van der Waals surface area contributed by atoms with Crippen LogP contribution in [-0.2, 0) is 32.6 Å². The highest BCUT2D eigenvalue weighted by molar-refractivity contribution is 7.92. The molecule has 4 aromatic rings. The third kappa shape index (κ3) is 8.48. The number of nitrogens with one attached hydrogen (secondary N) is 1. The van der Waals surface area contributed by atoms with E-state index in [1.165, 1.54) is 55.5 Å². The molecule has 0 spiro atoms. The standard InChI is InChI=1S/C36H40FN3O6S/c1-6-38-36(42)32(21-27-12-8-7-9-13-27)39(23-28-14-10-11-15-31(28)37)35(41)24-40(29-19-25(2)18-26(3)20-29)47(43,44)30-16-17-33(45-4)34(22-30)46-5/h7-20,22,32H,6,21,23-24H2,1-5H3,(H,38,42)/t32-/m0/s1. The molecule has 0 aliphatic rings. The van der Waals surface area contributed by atoms with Crippen LogP contribution >= 0.6 is 0 Å². The van der Waals surface area contributed by atoms with Gasteiger partial charge in [0, 0.05) is 31.1 Å². The SMILES string of the molecule is CCNC(=O)[C@H](Cc1ccccc1)N(Cc1ccccc1F)C(=O)CN(c1cc(C)cc(C)c1)S(=O)(=O)c1ccc(OC)c(OC)c1. The molecule has 0 heterocycles. The van der Waals surface area contributed by atoms with Crippen molar-refractivity contribution in [3.8, 4) is 11.5 Å². The van der Waals surface area contributed by atoms with Crippen molar-refractivity contribution in [2.75, 3.05) is 31.6 Å². The Morgan fingerprint density at radius 3 is 2.11 bits per heavy atom. The lowest BCUT2D eigenvalue weighted by Gasteiger charge is -2.34. The maximum Gasteiger partial charge on any atom is 0.264 e. The Bertz CT molecular complexity index is 1800. The molecule has 1 atom stereocenters. The Balaban J connectivity index is 1.85. The molecule has 47 heavy (non-hydrogen) atoms. The van der Waals surface area contributed by atoms with Crippen LogP contribution in [0.1, 0.15) is 29.2 Å². The lowest BCUT2D eigenvalue weighted by Crippen LogP contribution is -2.53. The van der Waals surface area contributed by atoms with Crippen molar-refractivity contribution in [3.63, 3.8) is 0 Å². The first-order chi connectivity index (χ1) is 22.5. The molecule has 0 saturated heterocycles. The fraction of sp³-hybridized carbons (Fsp3) is 0.278. The summed E-state index contributed by atoms with van der Waals surface area (Å²) in [7, 11) is -1.56. The molecule has 0 unspecified atom stereocenters. The van der Waals surface area contributed by atoms with E-state index in [1.807, 2.05) is 50.2 Å². The molecular weight excluding hydrogens is 621 g/mol. The number of carbonyl (C=O) groups is 2. The van der Waals surface area contributed by atoms with Gasteiger partial charge < -0.3 is 19.7 Å². The van der Waals surface area contributed by atoms with E-state index in [9.17, 15) is 18.0 Å². The van der Waals surface area contributed by atoms with E-state index < -0.39 is 40.2 Å². The number of ether oxygens (including phenoxy) is 2. The normalized spacial score (nSPS) is 11.8. The summed E-state index contributed by atoms with van der Waals surface area (Å²) in [5, 5.41) is 2.80. The zero-order valence-corrected chi connectivity index (χ0v) is 28.0. The minimum Gasteiger partial charge on any atom is -0.493 e. The van der Waals surface area contributed by atoms with Crippen LogP contribution in [0.25, 0.3) is 0 Å². The third-order valence-electron chi connectivity index (χ3n) is 7.64. The Hall–Kier alpha value is -4.90. The number of rotatable bonds is 14. The quantitative estimate of drug-likeness (QED) is 0.193. The van der Waals surface area contributed by atoms with E-state index in [0.717, 1.165) is 21.0 Å². The maximum absolute atomic E-state index is 15.0. The summed E-state index contributed by atoms with van der Waals surface area (Å²) in [5.74, 6) is -1.16. The molecular formula is C36H40FN3O6S. The topological polar surface area (TPSA) is 105 Å². The predicted molar refractivity (Wildman–Crippen MR) is 180 cm³/mol. The lowest BCUT2D eigenvalue weighted by molar-refractivity contribution is -0.140. The van der Waals surface area contributed by atoms with E-state index in [1.54, 1.807) is 25.1 Å². The fourth-order valence-electron chi connectivity index (χ4n) is 5.38. The summed E-state index contributed by atoms with van der Waals surface area (Å²) < 4.78 is 55.5. The van der Waals surface area contributed by atoms with Crippen LogP contribution in [0.2, 0.25) is 0 Å². The minimum atomic E-state index is -4.39. The van der Waals surface area contributed by atoms with Crippen LogP contribution in [0.15, 0.2) is 95.9 Å². The number of hydrogen-bond donors (Lipinski definition) is 1. The highest BCUT2D eigenvalue weighted by Crippen LogP contribution is 2.33. The van der Waals surface area contributed by atoms with Crippen molar-refractivity contribution >= 4 is 27.5 Å². The molecule has 0 fully saturated rings. The molecule has 4 aromatic carbocycles. The van der Waals surface area contributed by atoms with Crippen LogP contribution in [0, 0.1) is 19.7 Å². The van der Waals surface area contributed by atoms with Crippen LogP contribution < -0.4 is 19.1 Å². The van der Waals surface area contributed by atoms with Crippen LogP contribution in [0.3, 0.4) is 0 Å². The molecule has 1 N–H and O–H groups in total. The molecule has 4 rings (SSSR count). The molecule has 11 heteroatoms. The van der Waals surface area contributed by atoms with Gasteiger partial charge in [-0.25, -0.2) is 12.8 Å². The number of halogens is 1. The molecule has 248 valence electrons. The first-order valence-electron chi connectivity index (χ1n) is 15.2. The van der Waals surface area contributed by atoms with E-state index in [4.69, 9.17) is 9.47 Å². The van der Waals surface area contributed by atoms with Crippen LogP contribution in [-0.4, -0.2) is 58.5 Å². The second-order valence-electron chi connectivity index (χ2n) is 11.1. The Morgan fingerprint density at radius 2 is 1.49 bits per heavy atom.